The van der Waals surface area contributed by atoms with Crippen LogP contribution in [0.3, 0.4) is 0 Å². The summed E-state index contributed by atoms with van der Waals surface area (Å²) in [6, 6.07) is 7.35. The lowest BCUT2D eigenvalue weighted by molar-refractivity contribution is 0.172. The summed E-state index contributed by atoms with van der Waals surface area (Å²) in [4.78, 5) is 6.31. The van der Waals surface area contributed by atoms with Gasteiger partial charge < -0.3 is 14.6 Å². The Kier molecular flexibility index (Phi) is 6.11. The van der Waals surface area contributed by atoms with Crippen LogP contribution < -0.4 is 5.32 Å². The molecule has 3 rings (SSSR count). The lowest BCUT2D eigenvalue weighted by Gasteiger charge is -2.33. The van der Waals surface area contributed by atoms with E-state index in [1.54, 1.807) is 6.26 Å². The van der Waals surface area contributed by atoms with Gasteiger partial charge in [-0.05, 0) is 63.0 Å². The maximum Gasteiger partial charge on any atom is 0.117 e. The second kappa shape index (κ2) is 8.30. The molecule has 2 aromatic rings. The molecular formula is C19H29N3OS. The summed E-state index contributed by atoms with van der Waals surface area (Å²) in [5.41, 5.74) is 1.41. The van der Waals surface area contributed by atoms with E-state index in [2.05, 4.69) is 53.6 Å². The molecule has 1 aliphatic rings. The number of hydrogen-bond acceptors (Lipinski definition) is 5. The van der Waals surface area contributed by atoms with Gasteiger partial charge in [-0.25, -0.2) is 0 Å². The van der Waals surface area contributed by atoms with Gasteiger partial charge in [-0.3, -0.25) is 4.90 Å². The summed E-state index contributed by atoms with van der Waals surface area (Å²) in [6.07, 6.45) is 4.19. The lowest BCUT2D eigenvalue weighted by Crippen LogP contribution is -2.44. The van der Waals surface area contributed by atoms with Crippen molar-refractivity contribution in [1.29, 1.82) is 0 Å². The molecule has 1 unspecified atom stereocenters. The van der Waals surface area contributed by atoms with Crippen molar-refractivity contribution in [3.8, 4) is 0 Å². The van der Waals surface area contributed by atoms with E-state index >= 15 is 0 Å². The predicted octanol–water partition coefficient (Wildman–Crippen LogP) is 3.51. The highest BCUT2D eigenvalue weighted by atomic mass is 32.1. The summed E-state index contributed by atoms with van der Waals surface area (Å²) < 4.78 is 5.46. The second-order valence-electron chi connectivity index (χ2n) is 6.99. The third kappa shape index (κ3) is 4.48. The molecule has 1 atom stereocenters. The van der Waals surface area contributed by atoms with Gasteiger partial charge in [-0.15, -0.1) is 11.3 Å². The highest BCUT2D eigenvalue weighted by Gasteiger charge is 2.22. The van der Waals surface area contributed by atoms with Gasteiger partial charge in [0.1, 0.15) is 5.76 Å². The molecule has 24 heavy (non-hydrogen) atoms. The van der Waals surface area contributed by atoms with Gasteiger partial charge in [0.15, 0.2) is 0 Å². The molecule has 0 radical (unpaired) electrons. The van der Waals surface area contributed by atoms with E-state index in [-0.39, 0.29) is 0 Å². The maximum absolute atomic E-state index is 5.46. The Bertz CT molecular complexity index is 600. The topological polar surface area (TPSA) is 31.6 Å². The Morgan fingerprint density at radius 2 is 2.12 bits per heavy atom. The number of piperidine rings is 1. The summed E-state index contributed by atoms with van der Waals surface area (Å²) in [6.45, 7) is 6.47. The first kappa shape index (κ1) is 17.7. The van der Waals surface area contributed by atoms with Gasteiger partial charge in [0.2, 0.25) is 0 Å². The zero-order valence-electron chi connectivity index (χ0n) is 15.0. The van der Waals surface area contributed by atoms with E-state index in [0.29, 0.717) is 12.1 Å². The lowest BCUT2D eigenvalue weighted by atomic mass is 10.0. The normalized spacial score (nSPS) is 18.3. The van der Waals surface area contributed by atoms with E-state index in [1.165, 1.54) is 23.3 Å². The Hall–Kier alpha value is -1.14. The molecule has 2 aromatic heterocycles. The number of aryl methyl sites for hydroxylation is 1. The molecule has 1 N–H and O–H groups in total. The van der Waals surface area contributed by atoms with Crippen molar-refractivity contribution in [3.05, 3.63) is 46.0 Å². The second-order valence-corrected chi connectivity index (χ2v) is 7.93. The minimum Gasteiger partial charge on any atom is -0.468 e. The largest absolute Gasteiger partial charge is 0.468 e. The van der Waals surface area contributed by atoms with E-state index < -0.39 is 0 Å². The molecular weight excluding hydrogens is 318 g/mol. The van der Waals surface area contributed by atoms with Gasteiger partial charge in [0.05, 0.1) is 18.8 Å². The number of rotatable bonds is 7. The van der Waals surface area contributed by atoms with Gasteiger partial charge >= 0.3 is 0 Å². The first-order chi connectivity index (χ1) is 11.6. The van der Waals surface area contributed by atoms with Gasteiger partial charge in [0.25, 0.3) is 0 Å². The third-order valence-corrected chi connectivity index (χ3v) is 6.09. The first-order valence-corrected chi connectivity index (χ1v) is 9.70. The fourth-order valence-electron chi connectivity index (χ4n) is 3.43. The number of likely N-dealkylation sites (N-methyl/N-ethyl adjacent to an activating group) is 1. The number of hydrogen-bond donors (Lipinski definition) is 1. The number of likely N-dealkylation sites (tertiary alicyclic amines) is 1. The molecule has 5 heteroatoms. The standard InChI is InChI=1S/C19H29N3OS/c1-15-8-12-24-19(15)18(21(2)3)13-20-16-6-9-22(10-7-16)14-17-5-4-11-23-17/h4-5,8,11-12,16,18,20H,6-7,9-10,13-14H2,1-3H3. The van der Waals surface area contributed by atoms with Gasteiger partial charge in [-0.2, -0.15) is 0 Å². The number of nitrogens with zero attached hydrogens (tertiary/aromatic N) is 2. The smallest absolute Gasteiger partial charge is 0.117 e. The van der Waals surface area contributed by atoms with Gasteiger partial charge in [0, 0.05) is 30.6 Å². The highest BCUT2D eigenvalue weighted by molar-refractivity contribution is 7.10. The number of nitrogens with one attached hydrogen (secondary N) is 1. The Labute approximate surface area is 149 Å². The van der Waals surface area contributed by atoms with Crippen LogP contribution in [0.2, 0.25) is 0 Å². The number of thiophene rings is 1. The average Bonchev–Trinajstić information content (AvgIpc) is 3.21. The number of furan rings is 1. The monoisotopic (exact) mass is 347 g/mol. The molecule has 0 spiro atoms. The minimum atomic E-state index is 0.464. The molecule has 0 aromatic carbocycles. The highest BCUT2D eigenvalue weighted by Crippen LogP contribution is 2.27. The van der Waals surface area contributed by atoms with Crippen LogP contribution in [-0.2, 0) is 6.54 Å². The van der Waals surface area contributed by atoms with Crippen molar-refractivity contribution in [2.75, 3.05) is 33.7 Å². The van der Waals surface area contributed by atoms with Crippen molar-refractivity contribution in [2.24, 2.45) is 0 Å². The Morgan fingerprint density at radius 1 is 1.33 bits per heavy atom. The van der Waals surface area contributed by atoms with E-state index in [4.69, 9.17) is 4.42 Å². The molecule has 0 amide bonds. The van der Waals surface area contributed by atoms with Crippen molar-refractivity contribution in [3.63, 3.8) is 0 Å². The molecule has 1 fully saturated rings. The van der Waals surface area contributed by atoms with Crippen LogP contribution >= 0.6 is 11.3 Å². The summed E-state index contributed by atoms with van der Waals surface area (Å²) >= 11 is 1.87. The molecule has 1 saturated heterocycles. The first-order valence-electron chi connectivity index (χ1n) is 8.82. The van der Waals surface area contributed by atoms with Crippen molar-refractivity contribution in [1.82, 2.24) is 15.1 Å². The third-order valence-electron chi connectivity index (χ3n) is 4.97. The molecule has 0 aliphatic carbocycles. The van der Waals surface area contributed by atoms with Crippen LogP contribution in [0.4, 0.5) is 0 Å². The molecule has 132 valence electrons. The summed E-state index contributed by atoms with van der Waals surface area (Å²) in [5.74, 6) is 1.07. The maximum atomic E-state index is 5.46. The average molecular weight is 348 g/mol. The zero-order valence-corrected chi connectivity index (χ0v) is 15.8. The van der Waals surface area contributed by atoms with Crippen LogP contribution in [0.1, 0.15) is 35.1 Å². The Morgan fingerprint density at radius 3 is 2.71 bits per heavy atom. The van der Waals surface area contributed by atoms with Crippen LogP contribution in [0.25, 0.3) is 0 Å². The zero-order chi connectivity index (χ0) is 16.9. The Balaban J connectivity index is 1.46. The van der Waals surface area contributed by atoms with Crippen LogP contribution in [0.15, 0.2) is 34.3 Å². The van der Waals surface area contributed by atoms with Crippen LogP contribution in [0, 0.1) is 6.92 Å². The quantitative estimate of drug-likeness (QED) is 0.831. The van der Waals surface area contributed by atoms with Crippen molar-refractivity contribution in [2.45, 2.75) is 38.4 Å². The molecule has 0 saturated carbocycles. The summed E-state index contributed by atoms with van der Waals surface area (Å²) in [7, 11) is 4.36. The van der Waals surface area contributed by atoms with E-state index in [0.717, 1.165) is 31.9 Å². The van der Waals surface area contributed by atoms with Crippen molar-refractivity contribution < 1.29 is 4.42 Å². The molecule has 1 aliphatic heterocycles. The van der Waals surface area contributed by atoms with E-state index in [9.17, 15) is 0 Å². The van der Waals surface area contributed by atoms with Gasteiger partial charge in [-0.1, -0.05) is 0 Å². The molecule has 3 heterocycles. The minimum absolute atomic E-state index is 0.464. The summed E-state index contributed by atoms with van der Waals surface area (Å²) in [5, 5.41) is 6.02. The van der Waals surface area contributed by atoms with Crippen LogP contribution in [0.5, 0.6) is 0 Å². The van der Waals surface area contributed by atoms with Crippen LogP contribution in [-0.4, -0.2) is 49.6 Å². The SMILES string of the molecule is Cc1ccsc1C(CNC1CCN(Cc2ccco2)CC1)N(C)C. The fourth-order valence-corrected chi connectivity index (χ4v) is 4.56. The fraction of sp³-hybridized carbons (Fsp3) is 0.579. The molecule has 0 bridgehead atoms. The van der Waals surface area contributed by atoms with Crippen molar-refractivity contribution >= 4 is 11.3 Å². The predicted molar refractivity (Wildman–Crippen MR) is 100 cm³/mol. The van der Waals surface area contributed by atoms with E-state index in [1.807, 2.05) is 17.4 Å². The molecule has 4 nitrogen and oxygen atoms in total.